The van der Waals surface area contributed by atoms with Gasteiger partial charge in [-0.05, 0) is 25.1 Å². The number of pyridine rings is 1. The molecule has 1 atom stereocenters. The van der Waals surface area contributed by atoms with Gasteiger partial charge >= 0.3 is 0 Å². The van der Waals surface area contributed by atoms with E-state index in [1.165, 1.54) is 12.1 Å². The fraction of sp³-hybridized carbons (Fsp3) is 0.143. The molecule has 0 aliphatic heterocycles. The molecule has 1 aromatic carbocycles. The number of aromatic nitrogens is 1. The zero-order valence-electron chi connectivity index (χ0n) is 11.4. The molecule has 1 unspecified atom stereocenters. The molecule has 2 aromatic rings. The maximum Gasteiger partial charge on any atom is 0.268 e. The van der Waals surface area contributed by atoms with Gasteiger partial charge in [0.1, 0.15) is 17.6 Å². The number of benzene rings is 1. The van der Waals surface area contributed by atoms with E-state index in [9.17, 15) is 9.18 Å². The lowest BCUT2D eigenvalue weighted by Gasteiger charge is -2.18. The summed E-state index contributed by atoms with van der Waals surface area (Å²) in [5.74, 6) is -1.28. The molecule has 22 heavy (non-hydrogen) atoms. The number of carbonyl (C=O) groups is 1. The minimum absolute atomic E-state index is 0.0527. The molecule has 0 saturated heterocycles. The van der Waals surface area contributed by atoms with Gasteiger partial charge in [0, 0.05) is 16.7 Å². The quantitative estimate of drug-likeness (QED) is 0.835. The number of anilines is 1. The monoisotopic (exact) mass is 342 g/mol. The van der Waals surface area contributed by atoms with Crippen LogP contribution >= 0.6 is 23.2 Å². The van der Waals surface area contributed by atoms with Crippen LogP contribution in [0.3, 0.4) is 0 Å². The summed E-state index contributed by atoms with van der Waals surface area (Å²) in [5, 5.41) is 0.118. The molecular formula is C14H11Cl2FN3O2. The standard InChI is InChI=1S/C14H11Cl2FN3O2/c1-6(11-7(15)2-3-8(17)12(11)16)22-10-5-4-9(14(19)21)20-13(10)18/h2-3,5-6H,1H3,(H2,18,20)(H2,19,21). The van der Waals surface area contributed by atoms with Gasteiger partial charge in [-0.15, -0.1) is 0 Å². The van der Waals surface area contributed by atoms with Crippen LogP contribution in [-0.4, -0.2) is 10.9 Å². The molecule has 0 aliphatic carbocycles. The van der Waals surface area contributed by atoms with Crippen molar-refractivity contribution in [1.29, 1.82) is 0 Å². The van der Waals surface area contributed by atoms with Crippen LogP contribution in [-0.2, 0) is 0 Å². The average molecular weight is 343 g/mol. The van der Waals surface area contributed by atoms with E-state index >= 15 is 0 Å². The molecule has 1 aromatic heterocycles. The largest absolute Gasteiger partial charge is 0.482 e. The third-order valence-corrected chi connectivity index (χ3v) is 3.56. The zero-order chi connectivity index (χ0) is 16.4. The molecule has 115 valence electrons. The molecule has 0 saturated carbocycles. The summed E-state index contributed by atoms with van der Waals surface area (Å²) in [6.45, 7) is 1.62. The number of carbonyl (C=O) groups excluding carboxylic acids is 1. The van der Waals surface area contributed by atoms with Gasteiger partial charge < -0.3 is 16.2 Å². The smallest absolute Gasteiger partial charge is 0.268 e. The van der Waals surface area contributed by atoms with Crippen molar-refractivity contribution in [3.63, 3.8) is 0 Å². The number of nitrogens with zero attached hydrogens (tertiary/aromatic N) is 1. The Balaban J connectivity index is 2.32. The number of hydrogen-bond acceptors (Lipinski definition) is 4. The highest BCUT2D eigenvalue weighted by Gasteiger charge is 2.20. The van der Waals surface area contributed by atoms with E-state index in [-0.39, 0.29) is 32.9 Å². The van der Waals surface area contributed by atoms with Crippen LogP contribution in [0, 0.1) is 11.9 Å². The molecule has 0 fully saturated rings. The Labute approximate surface area is 136 Å². The maximum absolute atomic E-state index is 13.5. The summed E-state index contributed by atoms with van der Waals surface area (Å²) in [4.78, 5) is 14.8. The minimum Gasteiger partial charge on any atom is -0.482 e. The van der Waals surface area contributed by atoms with Crippen LogP contribution in [0.4, 0.5) is 10.2 Å². The highest BCUT2D eigenvalue weighted by Crippen LogP contribution is 2.35. The Morgan fingerprint density at radius 2 is 2.14 bits per heavy atom. The van der Waals surface area contributed by atoms with E-state index in [4.69, 9.17) is 39.4 Å². The fourth-order valence-corrected chi connectivity index (χ4v) is 2.48. The van der Waals surface area contributed by atoms with Crippen molar-refractivity contribution in [2.45, 2.75) is 13.0 Å². The van der Waals surface area contributed by atoms with Gasteiger partial charge in [-0.3, -0.25) is 4.79 Å². The summed E-state index contributed by atoms with van der Waals surface area (Å²) >= 11 is 11.9. The van der Waals surface area contributed by atoms with Crippen LogP contribution in [0.25, 0.3) is 0 Å². The van der Waals surface area contributed by atoms with Gasteiger partial charge in [0.2, 0.25) is 0 Å². The first kappa shape index (κ1) is 16.3. The van der Waals surface area contributed by atoms with Gasteiger partial charge in [0.25, 0.3) is 5.91 Å². The lowest BCUT2D eigenvalue weighted by Crippen LogP contribution is -2.15. The molecule has 0 aliphatic rings. The highest BCUT2D eigenvalue weighted by atomic mass is 35.5. The number of nitrogen functional groups attached to an aromatic ring is 1. The van der Waals surface area contributed by atoms with Crippen LogP contribution in [0.2, 0.25) is 10.0 Å². The summed E-state index contributed by atoms with van der Waals surface area (Å²) in [7, 11) is 0. The van der Waals surface area contributed by atoms with Crippen molar-refractivity contribution in [3.8, 4) is 5.75 Å². The number of nitrogens with two attached hydrogens (primary N) is 2. The van der Waals surface area contributed by atoms with E-state index in [1.807, 2.05) is 0 Å². The van der Waals surface area contributed by atoms with Gasteiger partial charge in [-0.1, -0.05) is 23.2 Å². The SMILES string of the molecule is CC(Oc1c[c]c(C(N)=O)nc1N)c1c(Cl)ccc(F)c1Cl. The van der Waals surface area contributed by atoms with Crippen LogP contribution in [0.1, 0.15) is 29.1 Å². The number of hydrogen-bond donors (Lipinski definition) is 2. The van der Waals surface area contributed by atoms with Crippen molar-refractivity contribution in [1.82, 2.24) is 4.98 Å². The van der Waals surface area contributed by atoms with Crippen molar-refractivity contribution in [3.05, 3.63) is 51.4 Å². The van der Waals surface area contributed by atoms with Crippen LogP contribution in [0.5, 0.6) is 5.75 Å². The second-order valence-corrected chi connectivity index (χ2v) is 5.16. The molecular weight excluding hydrogens is 332 g/mol. The van der Waals surface area contributed by atoms with E-state index < -0.39 is 17.8 Å². The first-order chi connectivity index (χ1) is 10.3. The van der Waals surface area contributed by atoms with Gasteiger partial charge in [-0.25, -0.2) is 9.37 Å². The highest BCUT2D eigenvalue weighted by molar-refractivity contribution is 6.36. The van der Waals surface area contributed by atoms with Crippen molar-refractivity contribution >= 4 is 34.9 Å². The fourth-order valence-electron chi connectivity index (χ4n) is 1.80. The Kier molecular flexibility index (Phi) is 4.73. The molecule has 0 spiro atoms. The summed E-state index contributed by atoms with van der Waals surface area (Å²) in [6, 6.07) is 6.40. The second kappa shape index (κ2) is 6.37. The first-order valence-electron chi connectivity index (χ1n) is 6.09. The van der Waals surface area contributed by atoms with E-state index in [2.05, 4.69) is 11.1 Å². The molecule has 1 radical (unpaired) electrons. The molecule has 4 N–H and O–H groups in total. The number of halogens is 3. The molecule has 8 heteroatoms. The van der Waals surface area contributed by atoms with E-state index in [0.29, 0.717) is 0 Å². The zero-order valence-corrected chi connectivity index (χ0v) is 12.9. The molecule has 1 amide bonds. The molecule has 5 nitrogen and oxygen atoms in total. The predicted octanol–water partition coefficient (Wildman–Crippen LogP) is 3.15. The van der Waals surface area contributed by atoms with Crippen molar-refractivity contribution < 1.29 is 13.9 Å². The van der Waals surface area contributed by atoms with Crippen molar-refractivity contribution in [2.24, 2.45) is 5.73 Å². The van der Waals surface area contributed by atoms with Crippen molar-refractivity contribution in [2.75, 3.05) is 5.73 Å². The summed E-state index contributed by atoms with van der Waals surface area (Å²) in [5.41, 5.74) is 10.9. The average Bonchev–Trinajstić information content (AvgIpc) is 2.45. The van der Waals surface area contributed by atoms with Crippen LogP contribution in [0.15, 0.2) is 18.2 Å². The maximum atomic E-state index is 13.5. The van der Waals surface area contributed by atoms with Gasteiger partial charge in [0.15, 0.2) is 11.6 Å². The second-order valence-electron chi connectivity index (χ2n) is 4.38. The van der Waals surface area contributed by atoms with E-state index in [1.54, 1.807) is 6.92 Å². The Hall–Kier alpha value is -2.05. The Bertz CT molecular complexity index is 740. The van der Waals surface area contributed by atoms with Gasteiger partial charge in [-0.2, -0.15) is 0 Å². The third-order valence-electron chi connectivity index (χ3n) is 2.85. The predicted molar refractivity (Wildman–Crippen MR) is 81.5 cm³/mol. The minimum atomic E-state index is -0.762. The number of ether oxygens (including phenoxy) is 1. The normalized spacial score (nSPS) is 12.0. The first-order valence-corrected chi connectivity index (χ1v) is 6.85. The number of amides is 1. The molecule has 2 rings (SSSR count). The van der Waals surface area contributed by atoms with E-state index in [0.717, 1.165) is 6.07 Å². The topological polar surface area (TPSA) is 91.2 Å². The summed E-state index contributed by atoms with van der Waals surface area (Å²) in [6.07, 6.45) is -0.701. The summed E-state index contributed by atoms with van der Waals surface area (Å²) < 4.78 is 19.1. The molecule has 1 heterocycles. The lowest BCUT2D eigenvalue weighted by molar-refractivity contribution is 0.0995. The van der Waals surface area contributed by atoms with Gasteiger partial charge in [0.05, 0.1) is 5.02 Å². The molecule has 0 bridgehead atoms. The van der Waals surface area contributed by atoms with Crippen LogP contribution < -0.4 is 16.2 Å². The number of primary amides is 1. The Morgan fingerprint density at radius 3 is 2.73 bits per heavy atom. The third kappa shape index (κ3) is 3.23. The Morgan fingerprint density at radius 1 is 1.45 bits per heavy atom. The number of rotatable bonds is 4. The lowest BCUT2D eigenvalue weighted by atomic mass is 10.1.